The quantitative estimate of drug-likeness (QED) is 0.773. The first kappa shape index (κ1) is 17.3. The van der Waals surface area contributed by atoms with Crippen LogP contribution in [-0.4, -0.2) is 24.5 Å². The van der Waals surface area contributed by atoms with Gasteiger partial charge >= 0.3 is 6.03 Å². The van der Waals surface area contributed by atoms with E-state index in [4.69, 9.17) is 5.73 Å². The summed E-state index contributed by atoms with van der Waals surface area (Å²) in [5.41, 5.74) is 4.30. The van der Waals surface area contributed by atoms with Gasteiger partial charge in [0.05, 0.1) is 6.04 Å². The highest BCUT2D eigenvalue weighted by atomic mass is 19.1. The maximum atomic E-state index is 14.2. The van der Waals surface area contributed by atoms with Crippen LogP contribution in [0.4, 0.5) is 13.6 Å². The molecule has 7 heteroatoms. The predicted octanol–water partition coefficient (Wildman–Crippen LogP) is 1.95. The fraction of sp³-hybridized carbons (Fsp3) is 0.500. The minimum Gasteiger partial charge on any atom is -0.351 e. The lowest BCUT2D eigenvalue weighted by atomic mass is 9.78. The smallest absolute Gasteiger partial charge is 0.318 e. The largest absolute Gasteiger partial charge is 0.351 e. The number of rotatable bonds is 5. The average Bonchev–Trinajstić information content (AvgIpc) is 2.93. The Balaban J connectivity index is 2.16. The Hall–Kier alpha value is -2.02. The molecule has 1 aromatic carbocycles. The monoisotopic (exact) mass is 325 g/mol. The molecule has 1 fully saturated rings. The van der Waals surface area contributed by atoms with Crippen molar-refractivity contribution in [1.82, 2.24) is 10.6 Å². The molecule has 1 aliphatic rings. The van der Waals surface area contributed by atoms with Crippen molar-refractivity contribution in [3.8, 4) is 0 Å². The number of urea groups is 1. The van der Waals surface area contributed by atoms with Gasteiger partial charge in [0, 0.05) is 17.5 Å². The number of halogens is 2. The first-order valence-electron chi connectivity index (χ1n) is 7.64. The third kappa shape index (κ3) is 3.85. The molecule has 0 bridgehead atoms. The maximum Gasteiger partial charge on any atom is 0.318 e. The van der Waals surface area contributed by atoms with Crippen LogP contribution < -0.4 is 16.4 Å². The van der Waals surface area contributed by atoms with Crippen molar-refractivity contribution in [2.24, 2.45) is 5.73 Å². The number of nitrogens with one attached hydrogen (secondary N) is 2. The van der Waals surface area contributed by atoms with Crippen LogP contribution >= 0.6 is 0 Å². The van der Waals surface area contributed by atoms with Crippen LogP contribution in [0.2, 0.25) is 0 Å². The summed E-state index contributed by atoms with van der Waals surface area (Å²) in [5, 5.41) is 4.95. The summed E-state index contributed by atoms with van der Waals surface area (Å²) in [7, 11) is 0. The van der Waals surface area contributed by atoms with Crippen LogP contribution in [0.15, 0.2) is 18.2 Å². The van der Waals surface area contributed by atoms with Crippen LogP contribution in [0.5, 0.6) is 0 Å². The third-order valence-electron chi connectivity index (χ3n) is 4.44. The number of benzene rings is 1. The van der Waals surface area contributed by atoms with Gasteiger partial charge in [0.25, 0.3) is 0 Å². The van der Waals surface area contributed by atoms with Crippen molar-refractivity contribution in [1.29, 1.82) is 0 Å². The van der Waals surface area contributed by atoms with Gasteiger partial charge in [0.2, 0.25) is 5.91 Å². The number of primary amides is 1. The van der Waals surface area contributed by atoms with Crippen molar-refractivity contribution in [2.45, 2.75) is 44.1 Å². The van der Waals surface area contributed by atoms with E-state index in [1.165, 1.54) is 18.2 Å². The zero-order valence-electron chi connectivity index (χ0n) is 13.0. The molecule has 0 spiro atoms. The summed E-state index contributed by atoms with van der Waals surface area (Å²) < 4.78 is 28.4. The predicted molar refractivity (Wildman–Crippen MR) is 81.7 cm³/mol. The lowest BCUT2D eigenvalue weighted by Gasteiger charge is -2.32. The highest BCUT2D eigenvalue weighted by molar-refractivity contribution is 5.96. The lowest BCUT2D eigenvalue weighted by Crippen LogP contribution is -2.50. The minimum atomic E-state index is -0.931. The van der Waals surface area contributed by atoms with Crippen molar-refractivity contribution >= 4 is 11.9 Å². The molecule has 1 atom stereocenters. The zero-order chi connectivity index (χ0) is 17.0. The van der Waals surface area contributed by atoms with Gasteiger partial charge in [-0.25, -0.2) is 13.6 Å². The third-order valence-corrected chi connectivity index (χ3v) is 4.44. The van der Waals surface area contributed by atoms with E-state index in [2.05, 4.69) is 5.32 Å². The molecule has 1 saturated carbocycles. The Morgan fingerprint density at radius 2 is 1.83 bits per heavy atom. The second-order valence-corrected chi connectivity index (χ2v) is 6.04. The molecule has 0 heterocycles. The first-order chi connectivity index (χ1) is 10.9. The van der Waals surface area contributed by atoms with Crippen molar-refractivity contribution in [3.05, 3.63) is 35.4 Å². The Bertz CT molecular complexity index is 581. The SMILES string of the molecule is C[C@H](NCC1(c2c(F)cccc2F)CCCC1)C(=O)NC(N)=O. The molecule has 0 saturated heterocycles. The van der Waals surface area contributed by atoms with Crippen LogP contribution in [0.25, 0.3) is 0 Å². The van der Waals surface area contributed by atoms with E-state index in [1.54, 1.807) is 6.92 Å². The van der Waals surface area contributed by atoms with Gasteiger partial charge in [-0.1, -0.05) is 18.9 Å². The highest BCUT2D eigenvalue weighted by Crippen LogP contribution is 2.42. The fourth-order valence-corrected chi connectivity index (χ4v) is 3.24. The van der Waals surface area contributed by atoms with E-state index in [0.717, 1.165) is 12.8 Å². The normalized spacial score (nSPS) is 17.7. The Labute approximate surface area is 133 Å². The molecule has 4 N–H and O–H groups in total. The number of hydrogen-bond acceptors (Lipinski definition) is 3. The maximum absolute atomic E-state index is 14.2. The first-order valence-corrected chi connectivity index (χ1v) is 7.64. The number of amides is 3. The molecule has 3 amide bonds. The van der Waals surface area contributed by atoms with Crippen LogP contribution in [0.1, 0.15) is 38.2 Å². The van der Waals surface area contributed by atoms with Crippen molar-refractivity contribution < 1.29 is 18.4 Å². The number of nitrogens with two attached hydrogens (primary N) is 1. The van der Waals surface area contributed by atoms with E-state index >= 15 is 0 Å². The lowest BCUT2D eigenvalue weighted by molar-refractivity contribution is -0.121. The van der Waals surface area contributed by atoms with E-state index in [9.17, 15) is 18.4 Å². The molecule has 0 unspecified atom stereocenters. The molecule has 0 aliphatic heterocycles. The van der Waals surface area contributed by atoms with Gasteiger partial charge in [0.1, 0.15) is 11.6 Å². The summed E-state index contributed by atoms with van der Waals surface area (Å²) >= 11 is 0. The molecule has 0 aromatic heterocycles. The molecule has 23 heavy (non-hydrogen) atoms. The molecule has 1 aliphatic carbocycles. The molecule has 126 valence electrons. The van der Waals surface area contributed by atoms with Crippen molar-refractivity contribution in [2.75, 3.05) is 6.54 Å². The summed E-state index contributed by atoms with van der Waals surface area (Å²) in [6.45, 7) is 1.82. The van der Waals surface area contributed by atoms with Gasteiger partial charge in [-0.15, -0.1) is 0 Å². The summed E-state index contributed by atoms with van der Waals surface area (Å²) in [6.07, 6.45) is 3.03. The fourth-order valence-electron chi connectivity index (χ4n) is 3.24. The Kier molecular flexibility index (Phi) is 5.30. The topological polar surface area (TPSA) is 84.2 Å². The summed E-state index contributed by atoms with van der Waals surface area (Å²) in [5.74, 6) is -1.70. The minimum absolute atomic E-state index is 0.0764. The highest BCUT2D eigenvalue weighted by Gasteiger charge is 2.40. The molecule has 5 nitrogen and oxygen atoms in total. The number of hydrogen-bond donors (Lipinski definition) is 3. The zero-order valence-corrected chi connectivity index (χ0v) is 13.0. The van der Waals surface area contributed by atoms with E-state index in [0.29, 0.717) is 12.8 Å². The van der Waals surface area contributed by atoms with Gasteiger partial charge in [-0.2, -0.15) is 0 Å². The molecule has 2 rings (SSSR count). The second-order valence-electron chi connectivity index (χ2n) is 6.04. The Morgan fingerprint density at radius 1 is 1.26 bits per heavy atom. The second kappa shape index (κ2) is 7.04. The van der Waals surface area contributed by atoms with Crippen LogP contribution in [0.3, 0.4) is 0 Å². The molecular weight excluding hydrogens is 304 g/mol. The Morgan fingerprint density at radius 3 is 2.35 bits per heavy atom. The van der Waals surface area contributed by atoms with Crippen LogP contribution in [0, 0.1) is 11.6 Å². The standard InChI is InChI=1S/C16H21F2N3O2/c1-10(14(22)21-15(19)23)20-9-16(7-2-3-8-16)13-11(17)5-4-6-12(13)18/h4-6,10,20H,2-3,7-9H2,1H3,(H3,19,21,22,23)/t10-/m0/s1. The van der Waals surface area contributed by atoms with Gasteiger partial charge in [-0.3, -0.25) is 10.1 Å². The van der Waals surface area contributed by atoms with Gasteiger partial charge < -0.3 is 11.1 Å². The number of carbonyl (C=O) groups is 2. The summed E-state index contributed by atoms with van der Waals surface area (Å²) in [4.78, 5) is 22.4. The van der Waals surface area contributed by atoms with Gasteiger partial charge in [-0.05, 0) is 31.9 Å². The summed E-state index contributed by atoms with van der Waals surface area (Å²) in [6, 6.07) is 2.21. The average molecular weight is 325 g/mol. The van der Waals surface area contributed by atoms with Crippen molar-refractivity contribution in [3.63, 3.8) is 0 Å². The van der Waals surface area contributed by atoms with Crippen LogP contribution in [-0.2, 0) is 10.2 Å². The molecule has 1 aromatic rings. The number of imide groups is 1. The van der Waals surface area contributed by atoms with E-state index in [1.807, 2.05) is 5.32 Å². The van der Waals surface area contributed by atoms with Gasteiger partial charge in [0.15, 0.2) is 0 Å². The van der Waals surface area contributed by atoms with E-state index in [-0.39, 0.29) is 12.1 Å². The molecule has 0 radical (unpaired) electrons. The number of carbonyl (C=O) groups excluding carboxylic acids is 2. The molecular formula is C16H21F2N3O2. The van der Waals surface area contributed by atoms with E-state index < -0.39 is 35.0 Å².